The van der Waals surface area contributed by atoms with E-state index in [0.29, 0.717) is 5.92 Å². The van der Waals surface area contributed by atoms with Crippen LogP contribution in [0.5, 0.6) is 0 Å². The van der Waals surface area contributed by atoms with E-state index < -0.39 is 0 Å². The third kappa shape index (κ3) is 2.55. The van der Waals surface area contributed by atoms with Gasteiger partial charge in [-0.1, -0.05) is 38.3 Å². The van der Waals surface area contributed by atoms with Gasteiger partial charge in [0.15, 0.2) is 4.77 Å². The van der Waals surface area contributed by atoms with Crippen LogP contribution < -0.4 is 0 Å². The molecule has 92 valence electrons. The van der Waals surface area contributed by atoms with Crippen LogP contribution in [0.15, 0.2) is 18.2 Å². The van der Waals surface area contributed by atoms with Crippen LogP contribution in [0.4, 0.5) is 0 Å². The normalized spacial score (nSPS) is 11.5. The van der Waals surface area contributed by atoms with Gasteiger partial charge in [0.1, 0.15) is 0 Å². The maximum atomic E-state index is 5.98. The van der Waals surface area contributed by atoms with Gasteiger partial charge >= 0.3 is 0 Å². The summed E-state index contributed by atoms with van der Waals surface area (Å²) in [4.78, 5) is 3.21. The molecule has 1 N–H and O–H groups in total. The first-order valence-corrected chi connectivity index (χ1v) is 6.82. The Morgan fingerprint density at radius 2 is 2.06 bits per heavy atom. The van der Waals surface area contributed by atoms with E-state index in [0.717, 1.165) is 27.4 Å². The molecule has 1 aromatic carbocycles. The van der Waals surface area contributed by atoms with Gasteiger partial charge in [0, 0.05) is 11.6 Å². The van der Waals surface area contributed by atoms with Gasteiger partial charge in [-0.2, -0.15) is 0 Å². The van der Waals surface area contributed by atoms with Crippen LogP contribution in [0, 0.1) is 10.7 Å². The number of aromatic amines is 1. The minimum atomic E-state index is 0.677. The second-order valence-electron chi connectivity index (χ2n) is 4.38. The summed E-state index contributed by atoms with van der Waals surface area (Å²) in [6, 6.07) is 5.87. The lowest BCUT2D eigenvalue weighted by molar-refractivity contribution is 0.422. The SMILES string of the molecule is CCC(CC)Cn1c(=S)[nH]c2cc(Cl)ccc21. The maximum Gasteiger partial charge on any atom is 0.178 e. The molecule has 0 radical (unpaired) electrons. The summed E-state index contributed by atoms with van der Waals surface area (Å²) >= 11 is 11.4. The van der Waals surface area contributed by atoms with Crippen LogP contribution >= 0.6 is 23.8 Å². The second-order valence-corrected chi connectivity index (χ2v) is 5.21. The molecule has 0 spiro atoms. The van der Waals surface area contributed by atoms with Gasteiger partial charge in [-0.3, -0.25) is 0 Å². The predicted molar refractivity (Wildman–Crippen MR) is 76.2 cm³/mol. The molecule has 0 fully saturated rings. The molecule has 2 nitrogen and oxygen atoms in total. The molecule has 1 heterocycles. The number of nitrogens with zero attached hydrogens (tertiary/aromatic N) is 1. The maximum absolute atomic E-state index is 5.98. The minimum Gasteiger partial charge on any atom is -0.331 e. The van der Waals surface area contributed by atoms with Gasteiger partial charge in [-0.15, -0.1) is 0 Å². The molecule has 0 aliphatic rings. The van der Waals surface area contributed by atoms with Crippen molar-refractivity contribution < 1.29 is 0 Å². The third-order valence-corrected chi connectivity index (χ3v) is 3.89. The van der Waals surface area contributed by atoms with Gasteiger partial charge in [-0.05, 0) is 36.3 Å². The van der Waals surface area contributed by atoms with Crippen molar-refractivity contribution >= 4 is 34.9 Å². The summed E-state index contributed by atoms with van der Waals surface area (Å²) in [6.07, 6.45) is 2.36. The van der Waals surface area contributed by atoms with Crippen molar-refractivity contribution in [3.05, 3.63) is 28.0 Å². The van der Waals surface area contributed by atoms with E-state index in [9.17, 15) is 0 Å². The first-order chi connectivity index (χ1) is 8.15. The number of halogens is 1. The molecule has 0 aliphatic carbocycles. The number of H-pyrrole nitrogens is 1. The van der Waals surface area contributed by atoms with Crippen LogP contribution in [0.25, 0.3) is 11.0 Å². The summed E-state index contributed by atoms with van der Waals surface area (Å²) in [7, 11) is 0. The number of imidazole rings is 1. The van der Waals surface area contributed by atoms with Crippen molar-refractivity contribution in [2.75, 3.05) is 0 Å². The van der Waals surface area contributed by atoms with E-state index in [2.05, 4.69) is 23.4 Å². The number of nitrogens with one attached hydrogen (secondary N) is 1. The average molecular weight is 269 g/mol. The van der Waals surface area contributed by atoms with Crippen molar-refractivity contribution in [1.82, 2.24) is 9.55 Å². The first kappa shape index (κ1) is 12.7. The zero-order valence-electron chi connectivity index (χ0n) is 10.2. The second kappa shape index (κ2) is 5.23. The molecule has 0 bridgehead atoms. The van der Waals surface area contributed by atoms with Crippen molar-refractivity contribution in [2.45, 2.75) is 33.2 Å². The molecule has 0 unspecified atom stereocenters. The first-order valence-electron chi connectivity index (χ1n) is 6.03. The van der Waals surface area contributed by atoms with Crippen LogP contribution in [-0.2, 0) is 6.54 Å². The molecule has 0 amide bonds. The van der Waals surface area contributed by atoms with Gasteiger partial charge < -0.3 is 9.55 Å². The molecule has 17 heavy (non-hydrogen) atoms. The average Bonchev–Trinajstić information content (AvgIpc) is 2.61. The lowest BCUT2D eigenvalue weighted by atomic mass is 10.0. The van der Waals surface area contributed by atoms with Gasteiger partial charge in [0.05, 0.1) is 11.0 Å². The van der Waals surface area contributed by atoms with Crippen LogP contribution in [0.1, 0.15) is 26.7 Å². The standard InChI is InChI=1S/C13H17ClN2S/c1-3-9(4-2)8-16-12-6-5-10(14)7-11(12)15-13(16)17/h5-7,9H,3-4,8H2,1-2H3,(H,15,17). The Morgan fingerprint density at radius 3 is 2.71 bits per heavy atom. The molecule has 2 rings (SSSR count). The zero-order valence-corrected chi connectivity index (χ0v) is 11.7. The van der Waals surface area contributed by atoms with E-state index in [1.54, 1.807) is 0 Å². The van der Waals surface area contributed by atoms with Crippen molar-refractivity contribution in [1.29, 1.82) is 0 Å². The number of fused-ring (bicyclic) bond motifs is 1. The number of aromatic nitrogens is 2. The number of rotatable bonds is 4. The third-order valence-electron chi connectivity index (χ3n) is 3.33. The molecular weight excluding hydrogens is 252 g/mol. The molecule has 0 aliphatic heterocycles. The summed E-state index contributed by atoms with van der Waals surface area (Å²) < 4.78 is 2.97. The van der Waals surface area contributed by atoms with E-state index in [1.165, 1.54) is 12.8 Å². The van der Waals surface area contributed by atoms with Crippen molar-refractivity contribution in [3.8, 4) is 0 Å². The number of hydrogen-bond acceptors (Lipinski definition) is 1. The van der Waals surface area contributed by atoms with Crippen LogP contribution in [-0.4, -0.2) is 9.55 Å². The van der Waals surface area contributed by atoms with Gasteiger partial charge in [-0.25, -0.2) is 0 Å². The summed E-state index contributed by atoms with van der Waals surface area (Å²) in [5.74, 6) is 0.677. The topological polar surface area (TPSA) is 20.7 Å². The lowest BCUT2D eigenvalue weighted by Gasteiger charge is -2.13. The van der Waals surface area contributed by atoms with Crippen LogP contribution in [0.3, 0.4) is 0 Å². The minimum absolute atomic E-state index is 0.677. The molecular formula is C13H17ClN2S. The van der Waals surface area contributed by atoms with Crippen molar-refractivity contribution in [3.63, 3.8) is 0 Å². The summed E-state index contributed by atoms with van der Waals surface area (Å²) in [6.45, 7) is 5.43. The Balaban J connectivity index is 2.46. The fraction of sp³-hybridized carbons (Fsp3) is 0.462. The predicted octanol–water partition coefficient (Wildman–Crippen LogP) is 4.79. The Hall–Kier alpha value is -0.800. The summed E-state index contributed by atoms with van der Waals surface area (Å²) in [5, 5.41) is 0.739. The van der Waals surface area contributed by atoms with E-state index >= 15 is 0 Å². The fourth-order valence-corrected chi connectivity index (χ4v) is 2.58. The van der Waals surface area contributed by atoms with Gasteiger partial charge in [0.25, 0.3) is 0 Å². The number of hydrogen-bond donors (Lipinski definition) is 1. The Morgan fingerprint density at radius 1 is 1.35 bits per heavy atom. The fourth-order valence-electron chi connectivity index (χ4n) is 2.12. The Labute approximate surface area is 112 Å². The lowest BCUT2D eigenvalue weighted by Crippen LogP contribution is -2.09. The number of benzene rings is 1. The smallest absolute Gasteiger partial charge is 0.178 e. The monoisotopic (exact) mass is 268 g/mol. The Kier molecular flexibility index (Phi) is 3.89. The quantitative estimate of drug-likeness (QED) is 0.791. The molecule has 0 saturated carbocycles. The molecule has 2 aromatic rings. The van der Waals surface area contributed by atoms with E-state index in [1.807, 2.05) is 18.2 Å². The highest BCUT2D eigenvalue weighted by atomic mass is 35.5. The molecule has 0 saturated heterocycles. The Bertz CT molecular complexity index is 566. The molecule has 1 aromatic heterocycles. The van der Waals surface area contributed by atoms with E-state index in [4.69, 9.17) is 23.8 Å². The largest absolute Gasteiger partial charge is 0.331 e. The summed E-state index contributed by atoms with van der Waals surface area (Å²) in [5.41, 5.74) is 2.17. The molecule has 4 heteroatoms. The zero-order chi connectivity index (χ0) is 12.4. The molecule has 0 atom stereocenters. The van der Waals surface area contributed by atoms with Crippen LogP contribution in [0.2, 0.25) is 5.02 Å². The van der Waals surface area contributed by atoms with E-state index in [-0.39, 0.29) is 0 Å². The van der Waals surface area contributed by atoms with Gasteiger partial charge in [0.2, 0.25) is 0 Å². The highest BCUT2D eigenvalue weighted by Crippen LogP contribution is 2.21. The van der Waals surface area contributed by atoms with Crippen molar-refractivity contribution in [2.24, 2.45) is 5.92 Å². The highest BCUT2D eigenvalue weighted by molar-refractivity contribution is 7.71. The highest BCUT2D eigenvalue weighted by Gasteiger charge is 2.09.